The lowest BCUT2D eigenvalue weighted by Gasteiger charge is -2.30. The number of hydrogen-bond acceptors (Lipinski definition) is 9. The Hall–Kier alpha value is 3.15. The molecular weight excluding hydrogens is 565 g/mol. The molecule has 0 aromatic heterocycles. The van der Waals surface area contributed by atoms with Gasteiger partial charge in [-0.25, -0.2) is 0 Å². The molecule has 9 heteroatoms. The Kier molecular flexibility index (Phi) is 20.0. The smallest absolute Gasteiger partial charge is 0.0581 e. The van der Waals surface area contributed by atoms with Crippen molar-refractivity contribution >= 4 is 104 Å². The van der Waals surface area contributed by atoms with Crippen molar-refractivity contribution in [3.8, 4) is 0 Å². The average molecular weight is 611 g/mol. The predicted molar refractivity (Wildman–Crippen MR) is 177 cm³/mol. The largest absolute Gasteiger partial charge is 0.144 e. The molecule has 0 spiro atoms. The standard InChI is InChI=1S/C7H14S2.C6H12S3.C6H12S2.C4H8S2/c1-3-7(2)8-5-4-6-9-7;1-5(2)6-8-3-7-4-9-6;1-3-6(2)7-4-5-8-6;1-4-2-5-6-3-4/h3-6H2,1-2H3;5-6H,3-4H2,1-2H3;3-5H2,1-2H3;4H,2-3H2,1H3. The normalized spacial score (nSPS) is 25.1. The minimum absolute atomic E-state index is 0.554. The molecule has 0 aromatic rings. The van der Waals surface area contributed by atoms with Crippen LogP contribution < -0.4 is 0 Å². The van der Waals surface area contributed by atoms with Crippen molar-refractivity contribution in [2.45, 2.75) is 80.5 Å². The summed E-state index contributed by atoms with van der Waals surface area (Å²) in [4.78, 5) is 0. The second-order valence-corrected chi connectivity index (χ2v) is 22.5. The Bertz CT molecular complexity index is 437. The lowest BCUT2D eigenvalue weighted by molar-refractivity contribution is 0.721. The van der Waals surface area contributed by atoms with E-state index in [0.717, 1.165) is 16.4 Å². The van der Waals surface area contributed by atoms with Crippen LogP contribution in [-0.4, -0.2) is 57.4 Å². The van der Waals surface area contributed by atoms with Crippen molar-refractivity contribution in [2.24, 2.45) is 11.8 Å². The van der Waals surface area contributed by atoms with E-state index in [4.69, 9.17) is 0 Å². The van der Waals surface area contributed by atoms with Crippen LogP contribution in [0.4, 0.5) is 0 Å². The Morgan fingerprint density at radius 1 is 0.750 bits per heavy atom. The van der Waals surface area contributed by atoms with E-state index in [1.54, 1.807) is 0 Å². The van der Waals surface area contributed by atoms with Crippen LogP contribution in [0.3, 0.4) is 0 Å². The van der Waals surface area contributed by atoms with E-state index in [2.05, 4.69) is 119 Å². The zero-order chi connectivity index (χ0) is 23.9. The number of rotatable bonds is 3. The molecule has 4 aliphatic heterocycles. The van der Waals surface area contributed by atoms with E-state index in [0.29, 0.717) is 8.16 Å². The fourth-order valence-corrected chi connectivity index (χ4v) is 16.2. The third-order valence-electron chi connectivity index (χ3n) is 5.25. The summed E-state index contributed by atoms with van der Waals surface area (Å²) in [5.74, 6) is 10.0. The van der Waals surface area contributed by atoms with Gasteiger partial charge in [-0.05, 0) is 56.5 Å². The first-order valence-corrected chi connectivity index (χ1v) is 21.5. The molecule has 0 radical (unpaired) electrons. The molecule has 0 bridgehead atoms. The van der Waals surface area contributed by atoms with Crippen molar-refractivity contribution in [1.29, 1.82) is 0 Å². The van der Waals surface area contributed by atoms with Crippen LogP contribution in [0.5, 0.6) is 0 Å². The molecule has 192 valence electrons. The summed E-state index contributed by atoms with van der Waals surface area (Å²) in [6, 6.07) is 0. The molecular formula is C23H46S9. The predicted octanol–water partition coefficient (Wildman–Crippen LogP) is 10.7. The van der Waals surface area contributed by atoms with Gasteiger partial charge in [0.05, 0.1) is 12.7 Å². The molecule has 0 aliphatic carbocycles. The Morgan fingerprint density at radius 2 is 1.19 bits per heavy atom. The molecule has 4 rings (SSSR count). The molecule has 0 N–H and O–H groups in total. The van der Waals surface area contributed by atoms with Crippen molar-refractivity contribution < 1.29 is 0 Å². The van der Waals surface area contributed by atoms with Gasteiger partial charge in [0.25, 0.3) is 0 Å². The maximum absolute atomic E-state index is 2.36. The van der Waals surface area contributed by atoms with Gasteiger partial charge in [-0.2, -0.15) is 0 Å². The van der Waals surface area contributed by atoms with Crippen molar-refractivity contribution in [2.75, 3.05) is 44.7 Å². The maximum atomic E-state index is 2.36. The molecule has 4 aliphatic rings. The zero-order valence-electron chi connectivity index (χ0n) is 21.2. The SMILES string of the molecule is CC(C)C1SCSCS1.CC1CSSC1.CCC1(C)SCCCS1.CCC1(C)SCCS1. The van der Waals surface area contributed by atoms with Gasteiger partial charge in [0.1, 0.15) is 0 Å². The summed E-state index contributed by atoms with van der Waals surface area (Å²) >= 11 is 14.7. The highest BCUT2D eigenvalue weighted by molar-refractivity contribution is 8.77. The fraction of sp³-hybridized carbons (Fsp3) is 1.00. The van der Waals surface area contributed by atoms with Crippen LogP contribution in [0.2, 0.25) is 0 Å². The fourth-order valence-electron chi connectivity index (χ4n) is 2.72. The molecule has 4 heterocycles. The van der Waals surface area contributed by atoms with Crippen LogP contribution >= 0.6 is 104 Å². The van der Waals surface area contributed by atoms with E-state index in [-0.39, 0.29) is 0 Å². The summed E-state index contributed by atoms with van der Waals surface area (Å²) in [5.41, 5.74) is 0. The topological polar surface area (TPSA) is 0 Å². The molecule has 0 nitrogen and oxygen atoms in total. The van der Waals surface area contributed by atoms with Crippen LogP contribution in [0.15, 0.2) is 0 Å². The summed E-state index contributed by atoms with van der Waals surface area (Å²) < 4.78 is 1.99. The molecule has 4 saturated heterocycles. The van der Waals surface area contributed by atoms with E-state index < -0.39 is 0 Å². The van der Waals surface area contributed by atoms with Gasteiger partial charge in [0.15, 0.2) is 0 Å². The molecule has 0 saturated carbocycles. The van der Waals surface area contributed by atoms with Gasteiger partial charge in [0, 0.05) is 33.2 Å². The molecule has 0 unspecified atom stereocenters. The van der Waals surface area contributed by atoms with Crippen molar-refractivity contribution in [3.05, 3.63) is 0 Å². The Morgan fingerprint density at radius 3 is 1.47 bits per heavy atom. The highest BCUT2D eigenvalue weighted by atomic mass is 33.1. The summed E-state index contributed by atoms with van der Waals surface area (Å²) in [6.07, 6.45) is 4.02. The molecule has 32 heavy (non-hydrogen) atoms. The first-order valence-electron chi connectivity index (χ1n) is 11.8. The third-order valence-corrected chi connectivity index (χ3v) is 20.2. The number of thioether (sulfide) groups is 7. The first kappa shape index (κ1) is 33.2. The van der Waals surface area contributed by atoms with E-state index in [1.807, 2.05) is 33.3 Å². The van der Waals surface area contributed by atoms with Gasteiger partial charge in [-0.15, -0.1) is 82.3 Å². The Labute approximate surface area is 238 Å². The van der Waals surface area contributed by atoms with Gasteiger partial charge in [-0.3, -0.25) is 0 Å². The lowest BCUT2D eigenvalue weighted by atomic mass is 10.3. The van der Waals surface area contributed by atoms with Gasteiger partial charge < -0.3 is 0 Å². The van der Waals surface area contributed by atoms with E-state index >= 15 is 0 Å². The highest BCUT2D eigenvalue weighted by Crippen LogP contribution is 2.45. The van der Waals surface area contributed by atoms with Crippen molar-refractivity contribution in [1.82, 2.24) is 0 Å². The van der Waals surface area contributed by atoms with Gasteiger partial charge >= 0.3 is 0 Å². The lowest BCUT2D eigenvalue weighted by Crippen LogP contribution is -2.19. The van der Waals surface area contributed by atoms with Crippen molar-refractivity contribution in [3.63, 3.8) is 0 Å². The third kappa shape index (κ3) is 15.4. The summed E-state index contributed by atoms with van der Waals surface area (Å²) in [7, 11) is 4.00. The van der Waals surface area contributed by atoms with Crippen LogP contribution in [0.25, 0.3) is 0 Å². The van der Waals surface area contributed by atoms with Crippen LogP contribution in [0, 0.1) is 11.8 Å². The van der Waals surface area contributed by atoms with E-state index in [1.165, 1.54) is 63.9 Å². The van der Waals surface area contributed by atoms with Crippen LogP contribution in [0.1, 0.15) is 67.7 Å². The minimum atomic E-state index is 0.554. The molecule has 0 amide bonds. The molecule has 0 aromatic carbocycles. The average Bonchev–Trinajstić information content (AvgIpc) is 3.48. The Balaban J connectivity index is 0.000000215. The van der Waals surface area contributed by atoms with Crippen LogP contribution in [-0.2, 0) is 0 Å². The summed E-state index contributed by atoms with van der Waals surface area (Å²) in [5, 5.41) is 2.60. The van der Waals surface area contributed by atoms with Gasteiger partial charge in [-0.1, -0.05) is 56.2 Å². The van der Waals surface area contributed by atoms with E-state index in [9.17, 15) is 0 Å². The highest BCUT2D eigenvalue weighted by Gasteiger charge is 2.27. The zero-order valence-corrected chi connectivity index (χ0v) is 28.5. The first-order chi connectivity index (χ1) is 15.2. The second kappa shape index (κ2) is 19.3. The second-order valence-electron chi connectivity index (χ2n) is 8.78. The summed E-state index contributed by atoms with van der Waals surface area (Å²) in [6.45, 7) is 16.2. The van der Waals surface area contributed by atoms with Gasteiger partial charge in [0.2, 0.25) is 0 Å². The maximum Gasteiger partial charge on any atom is 0.0581 e. The quantitative estimate of drug-likeness (QED) is 0.284. The molecule has 4 fully saturated rings. The molecule has 0 atom stereocenters. The minimum Gasteiger partial charge on any atom is -0.144 e. The monoisotopic (exact) mass is 610 g/mol. The number of hydrogen-bond donors (Lipinski definition) is 0.